The Morgan fingerprint density at radius 2 is 2.07 bits per heavy atom. The van der Waals surface area contributed by atoms with Crippen molar-refractivity contribution in [3.63, 3.8) is 0 Å². The van der Waals surface area contributed by atoms with Crippen LogP contribution in [0.5, 0.6) is 0 Å². The highest BCUT2D eigenvalue weighted by atomic mass is 32.1. The van der Waals surface area contributed by atoms with Gasteiger partial charge < -0.3 is 10.6 Å². The quantitative estimate of drug-likeness (QED) is 0.620. The number of rotatable bonds is 5. The Hall–Kier alpha value is -2.71. The molecule has 8 heteroatoms. The van der Waals surface area contributed by atoms with Crippen molar-refractivity contribution in [1.29, 1.82) is 0 Å². The van der Waals surface area contributed by atoms with Gasteiger partial charge in [-0.15, -0.1) is 11.3 Å². The number of ketones is 1. The van der Waals surface area contributed by atoms with Gasteiger partial charge in [-0.3, -0.25) is 9.78 Å². The van der Waals surface area contributed by atoms with Crippen molar-refractivity contribution in [2.75, 3.05) is 18.0 Å². The van der Waals surface area contributed by atoms with Gasteiger partial charge in [0.1, 0.15) is 22.3 Å². The minimum atomic E-state index is -0.700. The highest BCUT2D eigenvalue weighted by Crippen LogP contribution is 2.30. The Kier molecular flexibility index (Phi) is 5.87. The summed E-state index contributed by atoms with van der Waals surface area (Å²) in [6.45, 7) is 3.74. The van der Waals surface area contributed by atoms with E-state index in [1.54, 1.807) is 12.4 Å². The zero-order valence-corrected chi connectivity index (χ0v) is 17.3. The highest BCUT2D eigenvalue weighted by molar-refractivity contribution is 7.13. The Morgan fingerprint density at radius 1 is 1.30 bits per heavy atom. The van der Waals surface area contributed by atoms with Crippen LogP contribution in [0.2, 0.25) is 0 Å². The van der Waals surface area contributed by atoms with Gasteiger partial charge in [-0.2, -0.15) is 0 Å². The van der Waals surface area contributed by atoms with Gasteiger partial charge >= 0.3 is 0 Å². The van der Waals surface area contributed by atoms with Crippen molar-refractivity contribution >= 4 is 22.8 Å². The predicted molar refractivity (Wildman–Crippen MR) is 114 cm³/mol. The van der Waals surface area contributed by atoms with Crippen molar-refractivity contribution < 1.29 is 13.6 Å². The maximum absolute atomic E-state index is 14.0. The van der Waals surface area contributed by atoms with Crippen LogP contribution in [0.4, 0.5) is 14.5 Å². The standard InChI is InChI=1S/C22H22F2N4OS/c1-13-6-8-28(11-17(13)25)19-5-7-26-10-14(19)9-20(29)18-12-30-22(27-18)21-15(23)3-2-4-16(21)24/h2-5,7,10,12-13,17H,6,8-9,11,25H2,1H3. The fraction of sp³-hybridized carbons (Fsp3) is 0.318. The fourth-order valence-corrected chi connectivity index (χ4v) is 4.54. The summed E-state index contributed by atoms with van der Waals surface area (Å²) in [6.07, 6.45) is 4.48. The fourth-order valence-electron chi connectivity index (χ4n) is 3.66. The summed E-state index contributed by atoms with van der Waals surface area (Å²) in [5.41, 5.74) is 7.95. The van der Waals surface area contributed by atoms with Crippen LogP contribution in [0.15, 0.2) is 42.0 Å². The molecule has 0 aliphatic carbocycles. The number of anilines is 1. The van der Waals surface area contributed by atoms with Crippen molar-refractivity contribution in [3.05, 3.63) is 64.9 Å². The second-order valence-electron chi connectivity index (χ2n) is 7.61. The van der Waals surface area contributed by atoms with Gasteiger partial charge in [-0.1, -0.05) is 13.0 Å². The SMILES string of the molecule is CC1CCN(c2ccncc2CC(=O)c2csc(-c3c(F)cccc3F)n2)CC1N. The molecular weight excluding hydrogens is 406 g/mol. The largest absolute Gasteiger partial charge is 0.370 e. The molecule has 1 aliphatic rings. The van der Waals surface area contributed by atoms with E-state index in [-0.39, 0.29) is 34.5 Å². The molecule has 5 nitrogen and oxygen atoms in total. The van der Waals surface area contributed by atoms with Gasteiger partial charge in [0.25, 0.3) is 0 Å². The maximum Gasteiger partial charge on any atom is 0.186 e. The Labute approximate surface area is 177 Å². The van der Waals surface area contributed by atoms with Gasteiger partial charge in [-0.05, 0) is 30.5 Å². The summed E-state index contributed by atoms with van der Waals surface area (Å²) in [5, 5.41) is 1.69. The summed E-state index contributed by atoms with van der Waals surface area (Å²) in [4.78, 5) is 23.4. The minimum absolute atomic E-state index is 0.0761. The first-order valence-electron chi connectivity index (χ1n) is 9.80. The van der Waals surface area contributed by atoms with Gasteiger partial charge in [-0.25, -0.2) is 13.8 Å². The van der Waals surface area contributed by atoms with Crippen LogP contribution in [-0.4, -0.2) is 34.9 Å². The number of carbonyl (C=O) groups excluding carboxylic acids is 1. The van der Waals surface area contributed by atoms with E-state index in [0.717, 1.165) is 42.1 Å². The molecule has 0 saturated carbocycles. The molecule has 0 amide bonds. The first-order valence-corrected chi connectivity index (χ1v) is 10.7. The topological polar surface area (TPSA) is 72.1 Å². The maximum atomic E-state index is 14.0. The van der Waals surface area contributed by atoms with Gasteiger partial charge in [0.2, 0.25) is 0 Å². The number of hydrogen-bond acceptors (Lipinski definition) is 6. The third kappa shape index (κ3) is 4.11. The van der Waals surface area contributed by atoms with E-state index in [1.165, 1.54) is 23.6 Å². The summed E-state index contributed by atoms with van der Waals surface area (Å²) in [5.74, 6) is -1.17. The second-order valence-corrected chi connectivity index (χ2v) is 8.47. The molecule has 1 saturated heterocycles. The normalized spacial score (nSPS) is 19.1. The first-order chi connectivity index (χ1) is 14.4. The van der Waals surface area contributed by atoms with E-state index in [9.17, 15) is 13.6 Å². The number of pyridine rings is 1. The van der Waals surface area contributed by atoms with E-state index in [1.807, 2.05) is 6.07 Å². The predicted octanol–water partition coefficient (Wildman–Crippen LogP) is 4.08. The van der Waals surface area contributed by atoms with E-state index >= 15 is 0 Å². The van der Waals surface area contributed by atoms with E-state index in [4.69, 9.17) is 5.73 Å². The molecule has 2 aromatic heterocycles. The summed E-state index contributed by atoms with van der Waals surface area (Å²) in [7, 11) is 0. The molecule has 156 valence electrons. The number of nitrogens with zero attached hydrogens (tertiary/aromatic N) is 3. The molecule has 1 aromatic carbocycles. The lowest BCUT2D eigenvalue weighted by Gasteiger charge is -2.37. The van der Waals surface area contributed by atoms with Crippen LogP contribution < -0.4 is 10.6 Å². The molecular formula is C22H22F2N4OS. The number of thiazole rings is 1. The monoisotopic (exact) mass is 428 g/mol. The Balaban J connectivity index is 1.55. The molecule has 3 aromatic rings. The number of carbonyl (C=O) groups is 1. The van der Waals surface area contributed by atoms with Crippen LogP contribution in [0.3, 0.4) is 0 Å². The van der Waals surface area contributed by atoms with Crippen molar-refractivity contribution in [2.45, 2.75) is 25.8 Å². The molecule has 0 spiro atoms. The minimum Gasteiger partial charge on any atom is -0.370 e. The van der Waals surface area contributed by atoms with Crippen LogP contribution >= 0.6 is 11.3 Å². The molecule has 30 heavy (non-hydrogen) atoms. The lowest BCUT2D eigenvalue weighted by Crippen LogP contribution is -2.48. The number of benzene rings is 1. The molecule has 1 fully saturated rings. The lowest BCUT2D eigenvalue weighted by atomic mass is 9.93. The molecule has 2 unspecified atom stereocenters. The number of halogens is 2. The van der Waals surface area contributed by atoms with Crippen molar-refractivity contribution in [2.24, 2.45) is 11.7 Å². The zero-order chi connectivity index (χ0) is 21.3. The number of hydrogen-bond donors (Lipinski definition) is 1. The van der Waals surface area contributed by atoms with E-state index in [0.29, 0.717) is 5.92 Å². The third-order valence-electron chi connectivity index (χ3n) is 5.55. The summed E-state index contributed by atoms with van der Waals surface area (Å²) >= 11 is 1.05. The van der Waals surface area contributed by atoms with Crippen LogP contribution in [-0.2, 0) is 6.42 Å². The molecule has 1 aliphatic heterocycles. The van der Waals surface area contributed by atoms with E-state index < -0.39 is 11.6 Å². The van der Waals surface area contributed by atoms with Crippen molar-refractivity contribution in [3.8, 4) is 10.6 Å². The molecule has 0 radical (unpaired) electrons. The number of Topliss-reactive ketones (excluding diaryl/α,β-unsaturated/α-hetero) is 1. The van der Waals surface area contributed by atoms with Crippen LogP contribution in [0.25, 0.3) is 10.6 Å². The van der Waals surface area contributed by atoms with Crippen molar-refractivity contribution in [1.82, 2.24) is 9.97 Å². The molecule has 0 bridgehead atoms. The molecule has 2 N–H and O–H groups in total. The summed E-state index contributed by atoms with van der Waals surface area (Å²) < 4.78 is 28.1. The third-order valence-corrected chi connectivity index (χ3v) is 6.41. The van der Waals surface area contributed by atoms with Gasteiger partial charge in [0.05, 0.1) is 5.56 Å². The average Bonchev–Trinajstić information content (AvgIpc) is 3.20. The molecule has 3 heterocycles. The lowest BCUT2D eigenvalue weighted by molar-refractivity contribution is 0.0989. The van der Waals surface area contributed by atoms with Crippen LogP contribution in [0.1, 0.15) is 29.4 Å². The number of nitrogens with two attached hydrogens (primary N) is 1. The smallest absolute Gasteiger partial charge is 0.186 e. The van der Waals surface area contributed by atoms with Gasteiger partial charge in [0.15, 0.2) is 5.78 Å². The Morgan fingerprint density at radius 3 is 2.80 bits per heavy atom. The Bertz CT molecular complexity index is 1050. The zero-order valence-electron chi connectivity index (χ0n) is 16.5. The molecule has 2 atom stereocenters. The highest BCUT2D eigenvalue weighted by Gasteiger charge is 2.25. The molecule has 4 rings (SSSR count). The average molecular weight is 429 g/mol. The second kappa shape index (κ2) is 8.57. The number of piperidine rings is 1. The van der Waals surface area contributed by atoms with Gasteiger partial charge in [0, 0.05) is 54.6 Å². The first kappa shape index (κ1) is 20.6. The number of aromatic nitrogens is 2. The van der Waals surface area contributed by atoms with Crippen LogP contribution in [0, 0.1) is 17.6 Å². The summed E-state index contributed by atoms with van der Waals surface area (Å²) in [6, 6.07) is 5.62. The van der Waals surface area contributed by atoms with E-state index in [2.05, 4.69) is 21.8 Å².